The lowest BCUT2D eigenvalue weighted by molar-refractivity contribution is -0.152. The highest BCUT2D eigenvalue weighted by molar-refractivity contribution is 5.74. The molecule has 41 heavy (non-hydrogen) atoms. The minimum atomic E-state index is -1.11. The Balaban J connectivity index is 2.94. The van der Waals surface area contributed by atoms with Crippen molar-refractivity contribution >= 4 is 24.2 Å². The number of carboxylic acid groups (broad SMARTS) is 1. The normalized spacial score (nSPS) is 13.0. The molecule has 0 aliphatic heterocycles. The quantitative estimate of drug-likeness (QED) is 0.0802. The van der Waals surface area contributed by atoms with Gasteiger partial charge < -0.3 is 34.1 Å². The molecule has 3 atom stereocenters. The number of benzene rings is 1. The Morgan fingerprint density at radius 3 is 1.95 bits per heavy atom. The molecule has 0 amide bonds. The molecular formula is C30H47NO10. The molecule has 11 heteroatoms. The number of carboxylic acids is 1. The van der Waals surface area contributed by atoms with E-state index in [2.05, 4.69) is 5.32 Å². The van der Waals surface area contributed by atoms with Crippen molar-refractivity contribution in [2.24, 2.45) is 5.92 Å². The first-order valence-electron chi connectivity index (χ1n) is 14.6. The fourth-order valence-corrected chi connectivity index (χ4v) is 3.79. The van der Waals surface area contributed by atoms with Crippen LogP contribution in [0.2, 0.25) is 0 Å². The van der Waals surface area contributed by atoms with Crippen molar-refractivity contribution in [1.82, 2.24) is 5.32 Å². The number of nitrogens with one attached hydrogen (secondary N) is 1. The average molecular weight is 582 g/mol. The lowest BCUT2D eigenvalue weighted by Gasteiger charge is -2.20. The van der Waals surface area contributed by atoms with Crippen LogP contribution in [0.4, 0.5) is 9.59 Å². The fourth-order valence-electron chi connectivity index (χ4n) is 3.79. The lowest BCUT2D eigenvalue weighted by Crippen LogP contribution is -2.43. The molecular weight excluding hydrogens is 534 g/mol. The summed E-state index contributed by atoms with van der Waals surface area (Å²) in [5, 5.41) is 12.7. The van der Waals surface area contributed by atoms with Gasteiger partial charge in [0.15, 0.2) is 11.5 Å². The predicted octanol–water partition coefficient (Wildman–Crippen LogP) is 6.05. The molecule has 1 rings (SSSR count). The van der Waals surface area contributed by atoms with E-state index in [-0.39, 0.29) is 49.6 Å². The van der Waals surface area contributed by atoms with Gasteiger partial charge in [0.25, 0.3) is 0 Å². The number of hydrogen-bond donors (Lipinski definition) is 2. The third-order valence-electron chi connectivity index (χ3n) is 6.16. The Kier molecular flexibility index (Phi) is 17.9. The molecule has 0 spiro atoms. The molecule has 0 saturated heterocycles. The van der Waals surface area contributed by atoms with Gasteiger partial charge in [-0.15, -0.1) is 0 Å². The molecule has 232 valence electrons. The van der Waals surface area contributed by atoms with Gasteiger partial charge in [0, 0.05) is 6.54 Å². The van der Waals surface area contributed by atoms with Gasteiger partial charge in [-0.3, -0.25) is 9.59 Å². The number of ether oxygens (including phenoxy) is 5. The van der Waals surface area contributed by atoms with Crippen molar-refractivity contribution in [3.8, 4) is 11.5 Å². The van der Waals surface area contributed by atoms with Crippen LogP contribution in [-0.2, 0) is 30.2 Å². The average Bonchev–Trinajstić information content (AvgIpc) is 2.92. The highest BCUT2D eigenvalue weighted by atomic mass is 16.7. The van der Waals surface area contributed by atoms with E-state index in [1.54, 1.807) is 19.9 Å². The number of aliphatic carboxylic acids is 1. The van der Waals surface area contributed by atoms with E-state index in [1.807, 2.05) is 20.8 Å². The SMILES string of the molecule is CCCCCOC(=O)Oc1ccc(C[C@H](NCC(C)OC(=O)C(C)CCC)C(=O)O)cc1OC(=O)OCCCCC. The Bertz CT molecular complexity index is 951. The second-order valence-electron chi connectivity index (χ2n) is 10.0. The molecule has 0 radical (unpaired) electrons. The number of carbonyl (C=O) groups excluding carboxylic acids is 3. The van der Waals surface area contributed by atoms with Crippen molar-refractivity contribution in [3.63, 3.8) is 0 Å². The van der Waals surface area contributed by atoms with E-state index in [0.717, 1.165) is 32.1 Å². The molecule has 1 aromatic rings. The Morgan fingerprint density at radius 1 is 0.829 bits per heavy atom. The van der Waals surface area contributed by atoms with Crippen LogP contribution in [-0.4, -0.2) is 61.3 Å². The molecule has 0 aromatic heterocycles. The van der Waals surface area contributed by atoms with Crippen LogP contribution in [0.15, 0.2) is 18.2 Å². The van der Waals surface area contributed by atoms with Crippen molar-refractivity contribution < 1.29 is 48.0 Å². The molecule has 0 saturated carbocycles. The number of unbranched alkanes of at least 4 members (excludes halogenated alkanes) is 4. The summed E-state index contributed by atoms with van der Waals surface area (Å²) >= 11 is 0. The first-order chi connectivity index (χ1) is 19.6. The van der Waals surface area contributed by atoms with Crippen LogP contribution in [0.1, 0.15) is 91.5 Å². The van der Waals surface area contributed by atoms with E-state index < -0.39 is 30.4 Å². The molecule has 0 aliphatic carbocycles. The molecule has 0 bridgehead atoms. The smallest absolute Gasteiger partial charge is 0.480 e. The highest BCUT2D eigenvalue weighted by Crippen LogP contribution is 2.30. The summed E-state index contributed by atoms with van der Waals surface area (Å²) in [7, 11) is 0. The zero-order valence-corrected chi connectivity index (χ0v) is 25.1. The second-order valence-corrected chi connectivity index (χ2v) is 10.0. The molecule has 1 aromatic carbocycles. The summed E-state index contributed by atoms with van der Waals surface area (Å²) in [5.74, 6) is -1.84. The van der Waals surface area contributed by atoms with Gasteiger partial charge in [-0.25, -0.2) is 9.59 Å². The molecule has 11 nitrogen and oxygen atoms in total. The van der Waals surface area contributed by atoms with E-state index in [0.29, 0.717) is 24.8 Å². The van der Waals surface area contributed by atoms with Crippen molar-refractivity contribution in [3.05, 3.63) is 23.8 Å². The van der Waals surface area contributed by atoms with Crippen LogP contribution < -0.4 is 14.8 Å². The van der Waals surface area contributed by atoms with E-state index >= 15 is 0 Å². The second kappa shape index (κ2) is 20.5. The Labute approximate surface area is 243 Å². The summed E-state index contributed by atoms with van der Waals surface area (Å²) in [6.07, 6.45) is 4.20. The first-order valence-corrected chi connectivity index (χ1v) is 14.6. The van der Waals surface area contributed by atoms with Gasteiger partial charge in [-0.05, 0) is 50.3 Å². The minimum Gasteiger partial charge on any atom is -0.480 e. The van der Waals surface area contributed by atoms with Crippen LogP contribution in [0.3, 0.4) is 0 Å². The van der Waals surface area contributed by atoms with Gasteiger partial charge in [0.1, 0.15) is 12.1 Å². The maximum absolute atomic E-state index is 12.3. The van der Waals surface area contributed by atoms with Crippen LogP contribution in [0.25, 0.3) is 0 Å². The number of rotatable bonds is 20. The van der Waals surface area contributed by atoms with Crippen LogP contribution in [0, 0.1) is 5.92 Å². The summed E-state index contributed by atoms with van der Waals surface area (Å²) in [4.78, 5) is 48.6. The third-order valence-corrected chi connectivity index (χ3v) is 6.16. The zero-order chi connectivity index (χ0) is 30.6. The third kappa shape index (κ3) is 15.3. The summed E-state index contributed by atoms with van der Waals surface area (Å²) in [6, 6.07) is 3.35. The van der Waals surface area contributed by atoms with Gasteiger partial charge in [-0.1, -0.05) is 65.9 Å². The molecule has 0 fully saturated rings. The number of carbonyl (C=O) groups is 4. The molecule has 2 N–H and O–H groups in total. The standard InChI is InChI=1S/C30H47NO10/c1-6-9-11-16-37-29(35)40-25-15-14-23(19-26(25)41-30(36)38-17-12-10-7-2)18-24(27(32)33)31-20-22(5)39-28(34)21(4)13-8-3/h14-15,19,21-22,24,31H,6-13,16-18,20H2,1-5H3,(H,32,33)/t21?,22?,24-/m0/s1. The van der Waals surface area contributed by atoms with Gasteiger partial charge >= 0.3 is 24.2 Å². The Morgan fingerprint density at radius 2 is 1.41 bits per heavy atom. The predicted molar refractivity (Wildman–Crippen MR) is 152 cm³/mol. The van der Waals surface area contributed by atoms with Crippen LogP contribution in [0.5, 0.6) is 11.5 Å². The summed E-state index contributed by atoms with van der Waals surface area (Å²) < 4.78 is 26.2. The zero-order valence-electron chi connectivity index (χ0n) is 25.1. The molecule has 0 aliphatic rings. The number of hydrogen-bond acceptors (Lipinski definition) is 10. The fraction of sp³-hybridized carbons (Fsp3) is 0.667. The van der Waals surface area contributed by atoms with Crippen molar-refractivity contribution in [2.75, 3.05) is 19.8 Å². The van der Waals surface area contributed by atoms with Gasteiger partial charge in [0.2, 0.25) is 0 Å². The van der Waals surface area contributed by atoms with Gasteiger partial charge in [0.05, 0.1) is 19.1 Å². The van der Waals surface area contributed by atoms with Crippen molar-refractivity contribution in [2.45, 2.75) is 105 Å². The monoisotopic (exact) mass is 581 g/mol. The largest absolute Gasteiger partial charge is 0.513 e. The highest BCUT2D eigenvalue weighted by Gasteiger charge is 2.23. The van der Waals surface area contributed by atoms with E-state index in [1.165, 1.54) is 12.1 Å². The topological polar surface area (TPSA) is 147 Å². The first kappa shape index (κ1) is 35.7. The summed E-state index contributed by atoms with van der Waals surface area (Å²) in [5.41, 5.74) is 0.489. The van der Waals surface area contributed by atoms with Crippen LogP contribution >= 0.6 is 0 Å². The molecule has 2 unspecified atom stereocenters. The lowest BCUT2D eigenvalue weighted by atomic mass is 10.0. The number of esters is 1. The Hall–Kier alpha value is -3.34. The maximum atomic E-state index is 12.3. The molecule has 0 heterocycles. The summed E-state index contributed by atoms with van der Waals surface area (Å²) in [6.45, 7) is 10.0. The van der Waals surface area contributed by atoms with Crippen molar-refractivity contribution in [1.29, 1.82) is 0 Å². The van der Waals surface area contributed by atoms with E-state index in [9.17, 15) is 24.3 Å². The minimum absolute atomic E-state index is 0.00584. The maximum Gasteiger partial charge on any atom is 0.513 e. The van der Waals surface area contributed by atoms with Gasteiger partial charge in [-0.2, -0.15) is 0 Å². The van der Waals surface area contributed by atoms with E-state index in [4.69, 9.17) is 23.7 Å².